The van der Waals surface area contributed by atoms with Crippen LogP contribution in [-0.4, -0.2) is 20.7 Å². The molecule has 0 aliphatic heterocycles. The average Bonchev–Trinajstić information content (AvgIpc) is 2.31. The van der Waals surface area contributed by atoms with Crippen molar-refractivity contribution in [2.24, 2.45) is 11.8 Å². The molecule has 3 heteroatoms. The Labute approximate surface area is 113 Å². The van der Waals surface area contributed by atoms with Crippen molar-refractivity contribution in [3.8, 4) is 5.75 Å². The molecule has 17 heavy (non-hydrogen) atoms. The van der Waals surface area contributed by atoms with Crippen LogP contribution in [0, 0.1) is 11.8 Å². The number of benzene rings is 1. The molecule has 0 aliphatic carbocycles. The number of hydrogen-bond acceptors (Lipinski definition) is 2. The third-order valence-electron chi connectivity index (χ3n) is 3.14. The van der Waals surface area contributed by atoms with Crippen LogP contribution in [0.25, 0.3) is 0 Å². The van der Waals surface area contributed by atoms with E-state index in [4.69, 9.17) is 4.74 Å². The molecule has 0 amide bonds. The number of rotatable bonds is 6. The second kappa shape index (κ2) is 7.02. The van der Waals surface area contributed by atoms with E-state index in [9.17, 15) is 0 Å². The van der Waals surface area contributed by atoms with Gasteiger partial charge in [0.15, 0.2) is 0 Å². The summed E-state index contributed by atoms with van der Waals surface area (Å²) in [5.41, 5.74) is 1.32. The Balaban J connectivity index is 2.84. The zero-order valence-electron chi connectivity index (χ0n) is 11.1. The molecule has 0 saturated heterocycles. The molecule has 96 valence electrons. The number of halogens is 1. The van der Waals surface area contributed by atoms with Gasteiger partial charge in [-0.25, -0.2) is 0 Å². The van der Waals surface area contributed by atoms with Gasteiger partial charge in [-0.05, 0) is 55.6 Å². The van der Waals surface area contributed by atoms with Gasteiger partial charge in [-0.2, -0.15) is 0 Å². The van der Waals surface area contributed by atoms with E-state index >= 15 is 0 Å². The summed E-state index contributed by atoms with van der Waals surface area (Å²) in [7, 11) is 3.72. The summed E-state index contributed by atoms with van der Waals surface area (Å²) >= 11 is 3.61. The molecular formula is C14H22BrNO. The first-order valence-corrected chi connectivity index (χ1v) is 6.84. The zero-order valence-corrected chi connectivity index (χ0v) is 12.7. The van der Waals surface area contributed by atoms with Crippen molar-refractivity contribution in [3.05, 3.63) is 28.2 Å². The van der Waals surface area contributed by atoms with Gasteiger partial charge in [-0.15, -0.1) is 0 Å². The standard InChI is InChI=1S/C14H22BrNO/c1-10(2)12(9-16-3)7-11-8-13(17-4)5-6-14(11)15/h5-6,8,10,12,16H,7,9H2,1-4H3. The van der Waals surface area contributed by atoms with Gasteiger partial charge in [-0.1, -0.05) is 29.8 Å². The van der Waals surface area contributed by atoms with Crippen molar-refractivity contribution in [2.75, 3.05) is 20.7 Å². The van der Waals surface area contributed by atoms with E-state index in [2.05, 4.69) is 47.2 Å². The van der Waals surface area contributed by atoms with Crippen LogP contribution >= 0.6 is 15.9 Å². The first kappa shape index (κ1) is 14.5. The Morgan fingerprint density at radius 3 is 2.59 bits per heavy atom. The number of methoxy groups -OCH3 is 1. The molecule has 1 unspecified atom stereocenters. The van der Waals surface area contributed by atoms with Crippen LogP contribution in [0.3, 0.4) is 0 Å². The highest BCUT2D eigenvalue weighted by Gasteiger charge is 2.15. The Bertz CT molecular complexity index is 352. The minimum atomic E-state index is 0.642. The first-order valence-electron chi connectivity index (χ1n) is 6.05. The van der Waals surface area contributed by atoms with Crippen molar-refractivity contribution in [3.63, 3.8) is 0 Å². The summed E-state index contributed by atoms with van der Waals surface area (Å²) in [5.74, 6) is 2.24. The van der Waals surface area contributed by atoms with E-state index in [0.29, 0.717) is 11.8 Å². The quantitative estimate of drug-likeness (QED) is 0.868. The Morgan fingerprint density at radius 2 is 2.06 bits per heavy atom. The maximum atomic E-state index is 5.28. The van der Waals surface area contributed by atoms with Crippen LogP contribution in [-0.2, 0) is 6.42 Å². The lowest BCUT2D eigenvalue weighted by Crippen LogP contribution is -2.25. The molecule has 0 spiro atoms. The summed E-state index contributed by atoms with van der Waals surface area (Å²) in [6.07, 6.45) is 1.07. The fourth-order valence-corrected chi connectivity index (χ4v) is 2.33. The SMILES string of the molecule is CNCC(Cc1cc(OC)ccc1Br)C(C)C. The van der Waals surface area contributed by atoms with Crippen LogP contribution < -0.4 is 10.1 Å². The van der Waals surface area contributed by atoms with E-state index < -0.39 is 0 Å². The van der Waals surface area contributed by atoms with E-state index in [1.54, 1.807) is 7.11 Å². The van der Waals surface area contributed by atoms with Crippen LogP contribution in [0.2, 0.25) is 0 Å². The summed E-state index contributed by atoms with van der Waals surface area (Å²) in [6, 6.07) is 6.16. The molecule has 1 aromatic carbocycles. The molecule has 1 rings (SSSR count). The van der Waals surface area contributed by atoms with Gasteiger partial charge in [0.25, 0.3) is 0 Å². The maximum absolute atomic E-state index is 5.28. The average molecular weight is 300 g/mol. The summed E-state index contributed by atoms with van der Waals surface area (Å²) in [5, 5.41) is 3.27. The Morgan fingerprint density at radius 1 is 1.35 bits per heavy atom. The molecule has 0 radical (unpaired) electrons. The number of hydrogen-bond donors (Lipinski definition) is 1. The second-order valence-electron chi connectivity index (χ2n) is 4.72. The van der Waals surface area contributed by atoms with E-state index in [1.807, 2.05) is 13.1 Å². The monoisotopic (exact) mass is 299 g/mol. The fourth-order valence-electron chi connectivity index (χ4n) is 1.92. The predicted molar refractivity (Wildman–Crippen MR) is 76.7 cm³/mol. The van der Waals surface area contributed by atoms with Crippen molar-refractivity contribution in [1.82, 2.24) is 5.32 Å². The number of ether oxygens (including phenoxy) is 1. The highest BCUT2D eigenvalue weighted by Crippen LogP contribution is 2.26. The van der Waals surface area contributed by atoms with Gasteiger partial charge < -0.3 is 10.1 Å². The van der Waals surface area contributed by atoms with Crippen molar-refractivity contribution < 1.29 is 4.74 Å². The lowest BCUT2D eigenvalue weighted by Gasteiger charge is -2.21. The smallest absolute Gasteiger partial charge is 0.119 e. The van der Waals surface area contributed by atoms with Crippen molar-refractivity contribution in [1.29, 1.82) is 0 Å². The summed E-state index contributed by atoms with van der Waals surface area (Å²) in [6.45, 7) is 5.59. The number of nitrogens with one attached hydrogen (secondary N) is 1. The van der Waals surface area contributed by atoms with Gasteiger partial charge in [-0.3, -0.25) is 0 Å². The molecule has 1 N–H and O–H groups in total. The summed E-state index contributed by atoms with van der Waals surface area (Å²) < 4.78 is 6.44. The van der Waals surface area contributed by atoms with Gasteiger partial charge in [0.2, 0.25) is 0 Å². The fraction of sp³-hybridized carbons (Fsp3) is 0.571. The van der Waals surface area contributed by atoms with E-state index in [0.717, 1.165) is 18.7 Å². The van der Waals surface area contributed by atoms with Gasteiger partial charge in [0.1, 0.15) is 5.75 Å². The Kier molecular flexibility index (Phi) is 6.00. The maximum Gasteiger partial charge on any atom is 0.119 e. The molecule has 1 atom stereocenters. The molecule has 1 aromatic rings. The molecule has 0 aromatic heterocycles. The molecule has 0 bridgehead atoms. The first-order chi connectivity index (χ1) is 8.08. The molecular weight excluding hydrogens is 278 g/mol. The van der Waals surface area contributed by atoms with E-state index in [-0.39, 0.29) is 0 Å². The van der Waals surface area contributed by atoms with Gasteiger partial charge in [0.05, 0.1) is 7.11 Å². The zero-order chi connectivity index (χ0) is 12.8. The second-order valence-corrected chi connectivity index (χ2v) is 5.58. The Hall–Kier alpha value is -0.540. The molecule has 0 aliphatic rings. The largest absolute Gasteiger partial charge is 0.497 e. The minimum absolute atomic E-state index is 0.642. The van der Waals surface area contributed by atoms with Crippen LogP contribution in [0.5, 0.6) is 5.75 Å². The molecule has 0 heterocycles. The van der Waals surface area contributed by atoms with Crippen molar-refractivity contribution >= 4 is 15.9 Å². The third kappa shape index (κ3) is 4.32. The lowest BCUT2D eigenvalue weighted by molar-refractivity contribution is 0.368. The van der Waals surface area contributed by atoms with Crippen LogP contribution in [0.15, 0.2) is 22.7 Å². The van der Waals surface area contributed by atoms with E-state index in [1.165, 1.54) is 10.0 Å². The highest BCUT2D eigenvalue weighted by atomic mass is 79.9. The lowest BCUT2D eigenvalue weighted by atomic mass is 9.89. The van der Waals surface area contributed by atoms with Gasteiger partial charge >= 0.3 is 0 Å². The minimum Gasteiger partial charge on any atom is -0.497 e. The highest BCUT2D eigenvalue weighted by molar-refractivity contribution is 9.10. The van der Waals surface area contributed by atoms with Crippen LogP contribution in [0.4, 0.5) is 0 Å². The van der Waals surface area contributed by atoms with Crippen molar-refractivity contribution in [2.45, 2.75) is 20.3 Å². The predicted octanol–water partition coefficient (Wildman–Crippen LogP) is 3.49. The van der Waals surface area contributed by atoms with Crippen LogP contribution in [0.1, 0.15) is 19.4 Å². The van der Waals surface area contributed by atoms with Gasteiger partial charge in [0, 0.05) is 4.47 Å². The summed E-state index contributed by atoms with van der Waals surface area (Å²) in [4.78, 5) is 0. The molecule has 2 nitrogen and oxygen atoms in total. The third-order valence-corrected chi connectivity index (χ3v) is 3.92. The molecule has 0 fully saturated rings. The molecule has 0 saturated carbocycles. The normalized spacial score (nSPS) is 12.8. The topological polar surface area (TPSA) is 21.3 Å².